The number of rotatable bonds is 10. The number of imidazole rings is 1. The van der Waals surface area contributed by atoms with Crippen LogP contribution in [0.4, 0.5) is 40.8 Å². The molecule has 0 aliphatic rings. The number of halogens is 10. The van der Waals surface area contributed by atoms with Gasteiger partial charge >= 0.3 is 33.6 Å². The lowest BCUT2D eigenvalue weighted by Gasteiger charge is -2.21. The van der Waals surface area contributed by atoms with Gasteiger partial charge in [0.05, 0.1) is 17.3 Å². The number of amides is 1. The molecule has 0 radical (unpaired) electrons. The molecule has 2 aromatic carbocycles. The maximum absolute atomic E-state index is 14.1. The van der Waals surface area contributed by atoms with Gasteiger partial charge in [-0.2, -0.15) is 43.5 Å². The summed E-state index contributed by atoms with van der Waals surface area (Å²) in [6.45, 7) is -1.26. The van der Waals surface area contributed by atoms with E-state index in [0.29, 0.717) is 0 Å². The summed E-state index contributed by atoms with van der Waals surface area (Å²) in [6, 6.07) is 7.94. The Hall–Kier alpha value is -3.64. The number of nitrogens with zero attached hydrogens (tertiary/aromatic N) is 3. The molecule has 9 nitrogen and oxygen atoms in total. The molecule has 1 N–H and O–H groups in total. The summed E-state index contributed by atoms with van der Waals surface area (Å²) in [6.07, 6.45) is -6.71. The van der Waals surface area contributed by atoms with Crippen molar-refractivity contribution in [3.63, 3.8) is 0 Å². The Kier molecular flexibility index (Phi) is 9.05. The minimum Gasteiger partial charge on any atom is -0.489 e. The summed E-state index contributed by atoms with van der Waals surface area (Å²) in [5.41, 5.74) is -7.88. The average Bonchev–Trinajstić information content (AvgIpc) is 3.21. The molecule has 1 heterocycles. The maximum atomic E-state index is 14.1. The van der Waals surface area contributed by atoms with Crippen LogP contribution in [0.25, 0.3) is 0 Å². The van der Waals surface area contributed by atoms with E-state index in [9.17, 15) is 53.1 Å². The standard InChI is InChI=1S/C22H13Cl2F8N3O6S/c23-15-12(2-1-3-14(15)35(10-36)42(39,40)22(30,31)32)9-41-13-6-4-11(5-7-13)8-34-17(24)16(18(37)38)33-19(34)20(25,26)21(27,28)29/h1-7,10H,8-9H2,(H,37,38). The number of benzene rings is 2. The van der Waals surface area contributed by atoms with Crippen LogP contribution < -0.4 is 9.04 Å². The lowest BCUT2D eigenvalue weighted by atomic mass is 10.2. The number of carbonyl (C=O) groups excluding carboxylic acids is 1. The number of carbonyl (C=O) groups is 2. The van der Waals surface area contributed by atoms with E-state index in [0.717, 1.165) is 12.1 Å². The molecule has 42 heavy (non-hydrogen) atoms. The SMILES string of the molecule is O=CN(c1cccc(COc2ccc(Cn3c(C(F)(F)C(F)(F)F)nc(C(=O)O)c3Cl)cc2)c1Cl)S(=O)(=O)C(F)(F)F. The molecule has 228 valence electrons. The summed E-state index contributed by atoms with van der Waals surface area (Å²) in [4.78, 5) is 25.3. The predicted molar refractivity (Wildman–Crippen MR) is 129 cm³/mol. The van der Waals surface area contributed by atoms with Crippen molar-refractivity contribution in [1.29, 1.82) is 0 Å². The van der Waals surface area contributed by atoms with E-state index in [2.05, 4.69) is 4.98 Å². The third-order valence-electron chi connectivity index (χ3n) is 5.35. The van der Waals surface area contributed by atoms with Crippen molar-refractivity contribution >= 4 is 51.3 Å². The predicted octanol–water partition coefficient (Wildman–Crippen LogP) is 5.98. The molecular formula is C22H13Cl2F8N3O6S. The first-order valence-corrected chi connectivity index (χ1v) is 12.9. The second kappa shape index (κ2) is 11.6. The topological polar surface area (TPSA) is 119 Å². The Balaban J connectivity index is 1.85. The summed E-state index contributed by atoms with van der Waals surface area (Å²) >= 11 is 11.8. The van der Waals surface area contributed by atoms with Crippen LogP contribution in [0.2, 0.25) is 10.2 Å². The summed E-state index contributed by atoms with van der Waals surface area (Å²) in [5, 5.41) is 7.51. The number of hydrogen-bond donors (Lipinski definition) is 1. The highest BCUT2D eigenvalue weighted by Gasteiger charge is 2.62. The number of hydrogen-bond acceptors (Lipinski definition) is 6. The highest BCUT2D eigenvalue weighted by atomic mass is 35.5. The molecule has 0 aliphatic carbocycles. The maximum Gasteiger partial charge on any atom is 0.517 e. The van der Waals surface area contributed by atoms with E-state index >= 15 is 0 Å². The monoisotopic (exact) mass is 669 g/mol. The fraction of sp³-hybridized carbons (Fsp3) is 0.227. The third kappa shape index (κ3) is 6.24. The van der Waals surface area contributed by atoms with Gasteiger partial charge in [0, 0.05) is 5.56 Å². The molecule has 0 aliphatic heterocycles. The number of sulfonamides is 1. The normalized spacial score (nSPS) is 12.7. The molecule has 0 bridgehead atoms. The summed E-state index contributed by atoms with van der Waals surface area (Å²) < 4.78 is 134. The van der Waals surface area contributed by atoms with Gasteiger partial charge in [0.25, 0.3) is 0 Å². The van der Waals surface area contributed by atoms with Gasteiger partial charge in [0.1, 0.15) is 17.5 Å². The minimum atomic E-state index is -6.12. The zero-order chi connectivity index (χ0) is 31.8. The fourth-order valence-electron chi connectivity index (χ4n) is 3.32. The molecule has 0 saturated heterocycles. The molecule has 0 atom stereocenters. The minimum absolute atomic E-state index is 0.0131. The van der Waals surface area contributed by atoms with E-state index in [1.165, 1.54) is 30.3 Å². The quantitative estimate of drug-likeness (QED) is 0.208. The zero-order valence-corrected chi connectivity index (χ0v) is 22.4. The Morgan fingerprint density at radius 1 is 1.02 bits per heavy atom. The second-order valence-electron chi connectivity index (χ2n) is 8.07. The first kappa shape index (κ1) is 32.9. The van der Waals surface area contributed by atoms with E-state index in [4.69, 9.17) is 33.0 Å². The van der Waals surface area contributed by atoms with Gasteiger partial charge in [-0.1, -0.05) is 47.5 Å². The average molecular weight is 670 g/mol. The molecule has 0 saturated carbocycles. The fourth-order valence-corrected chi connectivity index (χ4v) is 4.65. The van der Waals surface area contributed by atoms with Crippen LogP contribution in [-0.2, 0) is 33.9 Å². The number of alkyl halides is 8. The van der Waals surface area contributed by atoms with Gasteiger partial charge in [-0.05, 0) is 23.8 Å². The van der Waals surface area contributed by atoms with Crippen molar-refractivity contribution in [2.45, 2.75) is 30.8 Å². The highest BCUT2D eigenvalue weighted by molar-refractivity contribution is 7.94. The Bertz CT molecular complexity index is 1610. The number of carboxylic acid groups (broad SMARTS) is 1. The highest BCUT2D eigenvalue weighted by Crippen LogP contribution is 2.44. The van der Waals surface area contributed by atoms with Crippen molar-refractivity contribution in [2.24, 2.45) is 0 Å². The molecule has 20 heteroatoms. The molecule has 0 unspecified atom stereocenters. The Labute approximate surface area is 239 Å². The first-order chi connectivity index (χ1) is 19.2. The number of carboxylic acids is 1. The van der Waals surface area contributed by atoms with Crippen LogP contribution in [0, 0.1) is 0 Å². The number of aromatic carboxylic acids is 1. The van der Waals surface area contributed by atoms with Crippen LogP contribution >= 0.6 is 23.2 Å². The van der Waals surface area contributed by atoms with E-state index in [1.54, 1.807) is 0 Å². The van der Waals surface area contributed by atoms with E-state index in [-0.39, 0.29) is 21.4 Å². The number of aromatic nitrogens is 2. The molecular weight excluding hydrogens is 657 g/mol. The van der Waals surface area contributed by atoms with Gasteiger partial charge in [0.15, 0.2) is 11.5 Å². The molecule has 3 rings (SSSR count). The van der Waals surface area contributed by atoms with Gasteiger partial charge in [-0.3, -0.25) is 4.79 Å². The van der Waals surface area contributed by atoms with Crippen molar-refractivity contribution in [1.82, 2.24) is 9.55 Å². The van der Waals surface area contributed by atoms with E-state index in [1.807, 2.05) is 0 Å². The van der Waals surface area contributed by atoms with Crippen molar-refractivity contribution < 1.29 is 63.0 Å². The zero-order valence-electron chi connectivity index (χ0n) is 20.1. The van der Waals surface area contributed by atoms with Gasteiger partial charge < -0.3 is 14.4 Å². The number of ether oxygens (including phenoxy) is 1. The van der Waals surface area contributed by atoms with Crippen molar-refractivity contribution in [3.8, 4) is 5.75 Å². The van der Waals surface area contributed by atoms with Gasteiger partial charge in [-0.15, -0.1) is 0 Å². The van der Waals surface area contributed by atoms with Crippen molar-refractivity contribution in [2.75, 3.05) is 4.31 Å². The Morgan fingerprint density at radius 3 is 2.12 bits per heavy atom. The lowest BCUT2D eigenvalue weighted by Crippen LogP contribution is -2.40. The van der Waals surface area contributed by atoms with Crippen LogP contribution in [0.15, 0.2) is 42.5 Å². The van der Waals surface area contributed by atoms with Crippen molar-refractivity contribution in [3.05, 3.63) is 75.3 Å². The lowest BCUT2D eigenvalue weighted by molar-refractivity contribution is -0.293. The molecule has 1 aromatic heterocycles. The smallest absolute Gasteiger partial charge is 0.489 e. The first-order valence-electron chi connectivity index (χ1n) is 10.7. The van der Waals surface area contributed by atoms with E-state index < -0.39 is 84.8 Å². The second-order valence-corrected chi connectivity index (χ2v) is 10.6. The largest absolute Gasteiger partial charge is 0.517 e. The molecule has 3 aromatic rings. The summed E-state index contributed by atoms with van der Waals surface area (Å²) in [5.74, 6) is -9.44. The van der Waals surface area contributed by atoms with Crippen LogP contribution in [-0.4, -0.2) is 47.1 Å². The number of anilines is 1. The van der Waals surface area contributed by atoms with Gasteiger partial charge in [-0.25, -0.2) is 14.1 Å². The Morgan fingerprint density at radius 2 is 1.62 bits per heavy atom. The van der Waals surface area contributed by atoms with Crippen LogP contribution in [0.3, 0.4) is 0 Å². The van der Waals surface area contributed by atoms with Crippen LogP contribution in [0.1, 0.15) is 27.4 Å². The van der Waals surface area contributed by atoms with Crippen LogP contribution in [0.5, 0.6) is 5.75 Å². The van der Waals surface area contributed by atoms with Gasteiger partial charge in [0.2, 0.25) is 6.41 Å². The summed E-state index contributed by atoms with van der Waals surface area (Å²) in [7, 11) is -6.12. The molecule has 0 fully saturated rings. The molecule has 1 amide bonds. The molecule has 0 spiro atoms. The third-order valence-corrected chi connectivity index (χ3v) is 7.55.